The predicted molar refractivity (Wildman–Crippen MR) is 112 cm³/mol. The van der Waals surface area contributed by atoms with E-state index in [2.05, 4.69) is 10.1 Å². The van der Waals surface area contributed by atoms with Gasteiger partial charge in [-0.3, -0.25) is 9.59 Å². The summed E-state index contributed by atoms with van der Waals surface area (Å²) in [6.45, 7) is 0.560. The van der Waals surface area contributed by atoms with Crippen molar-refractivity contribution < 1.29 is 27.5 Å². The predicted octanol–water partition coefficient (Wildman–Crippen LogP) is 5.20. The molecule has 1 aliphatic rings. The van der Waals surface area contributed by atoms with E-state index < -0.39 is 17.7 Å². The summed E-state index contributed by atoms with van der Waals surface area (Å²) in [5.74, 6) is -0.0903. The van der Waals surface area contributed by atoms with Crippen LogP contribution < -0.4 is 5.32 Å². The zero-order valence-electron chi connectivity index (χ0n) is 17.0. The van der Waals surface area contributed by atoms with Crippen molar-refractivity contribution in [2.45, 2.75) is 38.4 Å². The zero-order valence-corrected chi connectivity index (χ0v) is 17.8. The summed E-state index contributed by atoms with van der Waals surface area (Å²) in [4.78, 5) is 23.5. The fraction of sp³-hybridized carbons (Fsp3) is 0.391. The normalized spacial score (nSPS) is 13.8. The number of ether oxygens (including phenoxy) is 1. The summed E-state index contributed by atoms with van der Waals surface area (Å²) in [5.41, 5.74) is 1.45. The molecule has 4 nitrogen and oxygen atoms in total. The van der Waals surface area contributed by atoms with Crippen LogP contribution in [0.3, 0.4) is 0 Å². The summed E-state index contributed by atoms with van der Waals surface area (Å²) in [6, 6.07) is 8.51. The first-order valence-electron chi connectivity index (χ1n) is 9.97. The molecule has 1 saturated carbocycles. The van der Waals surface area contributed by atoms with E-state index in [4.69, 9.17) is 11.6 Å². The molecule has 3 rings (SSSR count). The molecule has 0 aliphatic heterocycles. The van der Waals surface area contributed by atoms with Gasteiger partial charge in [0.1, 0.15) is 5.78 Å². The first-order valence-corrected chi connectivity index (χ1v) is 10.4. The summed E-state index contributed by atoms with van der Waals surface area (Å²) in [6.07, 6.45) is -2.25. The molecule has 0 heterocycles. The molecule has 0 unspecified atom stereocenters. The Morgan fingerprint density at radius 3 is 2.55 bits per heavy atom. The molecule has 8 heteroatoms. The third kappa shape index (κ3) is 6.55. The topological polar surface area (TPSA) is 55.4 Å². The number of benzene rings is 2. The minimum atomic E-state index is -4.47. The van der Waals surface area contributed by atoms with E-state index in [0.717, 1.165) is 25.0 Å². The van der Waals surface area contributed by atoms with Crippen LogP contribution in [0.5, 0.6) is 0 Å². The van der Waals surface area contributed by atoms with E-state index in [-0.39, 0.29) is 24.7 Å². The molecule has 31 heavy (non-hydrogen) atoms. The molecular formula is C23H23ClF3NO3. The molecule has 1 N–H and O–H groups in total. The average molecular weight is 454 g/mol. The van der Waals surface area contributed by atoms with E-state index >= 15 is 0 Å². The molecule has 1 aliphatic carbocycles. The number of methoxy groups -OCH3 is 1. The van der Waals surface area contributed by atoms with Gasteiger partial charge in [0.05, 0.1) is 19.1 Å². The number of carbonyl (C=O) groups excluding carboxylic acids is 2. The molecular weight excluding hydrogens is 431 g/mol. The Morgan fingerprint density at radius 2 is 1.90 bits per heavy atom. The standard InChI is InChI=1S/C23H23ClF3NO3/c1-31-22(30)10-14-8-16(12-19(24)9-14)20-5-4-18(23(25,26)27)11-17(20)13-28-7-6-21(29)15-2-3-15/h4-5,8-9,11-12,15,28H,2-3,6-7,10,13H2,1H3. The van der Waals surface area contributed by atoms with Crippen molar-refractivity contribution in [2.24, 2.45) is 5.92 Å². The third-order valence-corrected chi connectivity index (χ3v) is 5.39. The van der Waals surface area contributed by atoms with Crippen molar-refractivity contribution in [1.29, 1.82) is 0 Å². The Bertz CT molecular complexity index is 971. The van der Waals surface area contributed by atoms with Gasteiger partial charge in [-0.15, -0.1) is 0 Å². The quantitative estimate of drug-likeness (QED) is 0.419. The second-order valence-corrected chi connectivity index (χ2v) is 8.07. The highest BCUT2D eigenvalue weighted by Crippen LogP contribution is 2.35. The van der Waals surface area contributed by atoms with Crippen molar-refractivity contribution in [3.05, 3.63) is 58.1 Å². The lowest BCUT2D eigenvalue weighted by molar-refractivity contribution is -0.140. The minimum absolute atomic E-state index is 0.00154. The molecule has 0 saturated heterocycles. The Kier molecular flexibility index (Phi) is 7.38. The third-order valence-electron chi connectivity index (χ3n) is 5.17. The number of carbonyl (C=O) groups is 2. The number of halogens is 4. The molecule has 0 amide bonds. The zero-order chi connectivity index (χ0) is 22.6. The molecule has 0 spiro atoms. The van der Waals surface area contributed by atoms with Crippen molar-refractivity contribution in [1.82, 2.24) is 5.32 Å². The molecule has 2 aromatic rings. The average Bonchev–Trinajstić information content (AvgIpc) is 3.55. The van der Waals surface area contributed by atoms with Crippen LogP contribution in [-0.4, -0.2) is 25.4 Å². The van der Waals surface area contributed by atoms with Gasteiger partial charge >= 0.3 is 12.1 Å². The van der Waals surface area contributed by atoms with Crippen molar-refractivity contribution >= 4 is 23.4 Å². The Hall–Kier alpha value is -2.38. The number of nitrogens with one attached hydrogen (secondary N) is 1. The van der Waals surface area contributed by atoms with Crippen molar-refractivity contribution in [3.8, 4) is 11.1 Å². The highest BCUT2D eigenvalue weighted by molar-refractivity contribution is 6.31. The van der Waals surface area contributed by atoms with Gasteiger partial charge in [-0.25, -0.2) is 0 Å². The minimum Gasteiger partial charge on any atom is -0.469 e. The van der Waals surface area contributed by atoms with Gasteiger partial charge in [0, 0.05) is 30.5 Å². The summed E-state index contributed by atoms with van der Waals surface area (Å²) < 4.78 is 44.5. The van der Waals surface area contributed by atoms with Gasteiger partial charge in [-0.05, 0) is 59.4 Å². The summed E-state index contributed by atoms with van der Waals surface area (Å²) in [7, 11) is 1.28. The maximum Gasteiger partial charge on any atom is 0.416 e. The van der Waals surface area contributed by atoms with Crippen molar-refractivity contribution in [2.75, 3.05) is 13.7 Å². The highest BCUT2D eigenvalue weighted by Gasteiger charge is 2.31. The number of hydrogen-bond acceptors (Lipinski definition) is 4. The molecule has 1 fully saturated rings. The second kappa shape index (κ2) is 9.83. The van der Waals surface area contributed by atoms with E-state index in [9.17, 15) is 22.8 Å². The SMILES string of the molecule is COC(=O)Cc1cc(Cl)cc(-c2ccc(C(F)(F)F)cc2CNCCC(=O)C2CC2)c1. The van der Waals surface area contributed by atoms with Crippen LogP contribution >= 0.6 is 11.6 Å². The summed E-state index contributed by atoms with van der Waals surface area (Å²) >= 11 is 6.19. The maximum atomic E-state index is 13.3. The Labute approximate surface area is 183 Å². The second-order valence-electron chi connectivity index (χ2n) is 7.64. The van der Waals surface area contributed by atoms with Gasteiger partial charge in [-0.2, -0.15) is 13.2 Å². The number of Topliss-reactive ketones (excluding diaryl/α,β-unsaturated/α-hetero) is 1. The lowest BCUT2D eigenvalue weighted by Gasteiger charge is -2.16. The fourth-order valence-corrected chi connectivity index (χ4v) is 3.65. The number of hydrogen-bond donors (Lipinski definition) is 1. The van der Waals surface area contributed by atoms with E-state index in [1.807, 2.05) is 0 Å². The van der Waals surface area contributed by atoms with Crippen LogP contribution in [0.2, 0.25) is 5.02 Å². The molecule has 2 aromatic carbocycles. The molecule has 0 atom stereocenters. The lowest BCUT2D eigenvalue weighted by atomic mass is 9.95. The van der Waals surface area contributed by atoms with Gasteiger partial charge < -0.3 is 10.1 Å². The Morgan fingerprint density at radius 1 is 1.16 bits per heavy atom. The van der Waals surface area contributed by atoms with Crippen LogP contribution in [0.4, 0.5) is 13.2 Å². The monoisotopic (exact) mass is 453 g/mol. The molecule has 0 bridgehead atoms. The van der Waals surface area contributed by atoms with Gasteiger partial charge in [0.15, 0.2) is 0 Å². The van der Waals surface area contributed by atoms with Gasteiger partial charge in [0.25, 0.3) is 0 Å². The van der Waals surface area contributed by atoms with Gasteiger partial charge in [0.2, 0.25) is 0 Å². The van der Waals surface area contributed by atoms with E-state index in [0.29, 0.717) is 40.2 Å². The largest absolute Gasteiger partial charge is 0.469 e. The number of rotatable bonds is 9. The van der Waals surface area contributed by atoms with Crippen LogP contribution in [0.1, 0.15) is 36.0 Å². The van der Waals surface area contributed by atoms with Gasteiger partial charge in [-0.1, -0.05) is 23.7 Å². The first-order chi connectivity index (χ1) is 14.7. The first kappa shape index (κ1) is 23.3. The van der Waals surface area contributed by atoms with Crippen LogP contribution in [-0.2, 0) is 33.5 Å². The van der Waals surface area contributed by atoms with E-state index in [1.165, 1.54) is 13.2 Å². The number of alkyl halides is 3. The van der Waals surface area contributed by atoms with Crippen LogP contribution in [0.15, 0.2) is 36.4 Å². The van der Waals surface area contributed by atoms with Crippen LogP contribution in [0, 0.1) is 5.92 Å². The fourth-order valence-electron chi connectivity index (χ4n) is 3.39. The maximum absolute atomic E-state index is 13.3. The van der Waals surface area contributed by atoms with E-state index in [1.54, 1.807) is 18.2 Å². The molecule has 166 valence electrons. The highest BCUT2D eigenvalue weighted by atomic mass is 35.5. The number of esters is 1. The van der Waals surface area contributed by atoms with Crippen molar-refractivity contribution in [3.63, 3.8) is 0 Å². The number of ketones is 1. The lowest BCUT2D eigenvalue weighted by Crippen LogP contribution is -2.19. The smallest absolute Gasteiger partial charge is 0.416 e. The molecule has 0 aromatic heterocycles. The Balaban J connectivity index is 1.85. The van der Waals surface area contributed by atoms with Crippen LogP contribution in [0.25, 0.3) is 11.1 Å². The molecule has 0 radical (unpaired) electrons. The summed E-state index contributed by atoms with van der Waals surface area (Å²) in [5, 5.41) is 3.45.